The summed E-state index contributed by atoms with van der Waals surface area (Å²) < 4.78 is 11.5. The van der Waals surface area contributed by atoms with E-state index in [4.69, 9.17) is 20.8 Å². The molecule has 0 bridgehead atoms. The minimum atomic E-state index is -0.259. The fourth-order valence-electron chi connectivity index (χ4n) is 3.23. The molecular formula is C24H21ClN2O3. The maximum absolute atomic E-state index is 12.3. The van der Waals surface area contributed by atoms with Crippen LogP contribution in [0.2, 0.25) is 5.02 Å². The molecule has 4 rings (SSSR count). The first kappa shape index (κ1) is 20.0. The number of oxazole rings is 1. The van der Waals surface area contributed by atoms with Crippen LogP contribution in [0.1, 0.15) is 16.7 Å². The Morgan fingerprint density at radius 3 is 2.60 bits per heavy atom. The molecule has 1 N–H and O–H groups in total. The van der Waals surface area contributed by atoms with Crippen molar-refractivity contribution in [2.24, 2.45) is 0 Å². The van der Waals surface area contributed by atoms with Gasteiger partial charge in [-0.15, -0.1) is 0 Å². The predicted octanol–water partition coefficient (Wildman–Crippen LogP) is 6.09. The molecule has 0 saturated heterocycles. The molecule has 4 aromatic rings. The van der Waals surface area contributed by atoms with Crippen LogP contribution in [0.5, 0.6) is 5.75 Å². The number of nitrogens with zero attached hydrogens (tertiary/aromatic N) is 1. The van der Waals surface area contributed by atoms with Gasteiger partial charge in [-0.3, -0.25) is 4.79 Å². The molecule has 1 aromatic heterocycles. The highest BCUT2D eigenvalue weighted by atomic mass is 35.5. The zero-order valence-corrected chi connectivity index (χ0v) is 17.7. The Kier molecular flexibility index (Phi) is 5.46. The topological polar surface area (TPSA) is 64.4 Å². The first-order chi connectivity index (χ1) is 14.4. The van der Waals surface area contributed by atoms with Crippen molar-refractivity contribution in [2.45, 2.75) is 20.8 Å². The van der Waals surface area contributed by atoms with E-state index < -0.39 is 0 Å². The molecule has 0 aliphatic carbocycles. The largest absolute Gasteiger partial charge is 0.484 e. The minimum absolute atomic E-state index is 0.104. The summed E-state index contributed by atoms with van der Waals surface area (Å²) in [5.74, 6) is 0.862. The molecule has 6 heteroatoms. The zero-order valence-electron chi connectivity index (χ0n) is 17.0. The first-order valence-corrected chi connectivity index (χ1v) is 9.94. The quantitative estimate of drug-likeness (QED) is 0.424. The van der Waals surface area contributed by atoms with Gasteiger partial charge in [-0.05, 0) is 79.9 Å². The highest BCUT2D eigenvalue weighted by molar-refractivity contribution is 6.32. The second kappa shape index (κ2) is 8.20. The lowest BCUT2D eigenvalue weighted by Crippen LogP contribution is -2.20. The third kappa shape index (κ3) is 4.31. The molecule has 0 radical (unpaired) electrons. The van der Waals surface area contributed by atoms with Crippen LogP contribution in [0.4, 0.5) is 5.69 Å². The van der Waals surface area contributed by atoms with Crippen molar-refractivity contribution < 1.29 is 13.9 Å². The van der Waals surface area contributed by atoms with Crippen molar-refractivity contribution >= 4 is 34.3 Å². The van der Waals surface area contributed by atoms with Crippen molar-refractivity contribution in [1.29, 1.82) is 0 Å². The van der Waals surface area contributed by atoms with Gasteiger partial charge in [0.15, 0.2) is 12.2 Å². The first-order valence-electron chi connectivity index (χ1n) is 9.56. The van der Waals surface area contributed by atoms with Gasteiger partial charge in [-0.25, -0.2) is 4.98 Å². The number of nitrogens with one attached hydrogen (secondary N) is 1. The van der Waals surface area contributed by atoms with Crippen LogP contribution in [-0.4, -0.2) is 17.5 Å². The number of rotatable bonds is 5. The third-order valence-electron chi connectivity index (χ3n) is 4.72. The van der Waals surface area contributed by atoms with E-state index in [-0.39, 0.29) is 12.5 Å². The highest BCUT2D eigenvalue weighted by Crippen LogP contribution is 2.27. The fourth-order valence-corrected chi connectivity index (χ4v) is 3.34. The number of hydrogen-bond acceptors (Lipinski definition) is 4. The van der Waals surface area contributed by atoms with Gasteiger partial charge in [-0.1, -0.05) is 23.7 Å². The van der Waals surface area contributed by atoms with Crippen molar-refractivity contribution in [1.82, 2.24) is 4.98 Å². The Morgan fingerprint density at radius 2 is 1.83 bits per heavy atom. The van der Waals surface area contributed by atoms with Gasteiger partial charge >= 0.3 is 0 Å². The van der Waals surface area contributed by atoms with Crippen LogP contribution < -0.4 is 10.1 Å². The molecule has 152 valence electrons. The molecule has 0 unspecified atom stereocenters. The van der Waals surface area contributed by atoms with E-state index in [1.54, 1.807) is 0 Å². The number of anilines is 1. The zero-order chi connectivity index (χ0) is 21.3. The van der Waals surface area contributed by atoms with Gasteiger partial charge < -0.3 is 14.5 Å². The minimum Gasteiger partial charge on any atom is -0.484 e. The molecule has 0 atom stereocenters. The summed E-state index contributed by atoms with van der Waals surface area (Å²) in [5.41, 5.74) is 5.90. The number of carbonyl (C=O) groups is 1. The van der Waals surface area contributed by atoms with Crippen LogP contribution in [0.25, 0.3) is 22.6 Å². The lowest BCUT2D eigenvalue weighted by Gasteiger charge is -2.10. The summed E-state index contributed by atoms with van der Waals surface area (Å²) in [4.78, 5) is 16.9. The summed E-state index contributed by atoms with van der Waals surface area (Å²) in [5, 5.41) is 3.55. The maximum atomic E-state index is 12.3. The van der Waals surface area contributed by atoms with Crippen LogP contribution in [-0.2, 0) is 4.79 Å². The summed E-state index contributed by atoms with van der Waals surface area (Å²) in [6.07, 6.45) is 0. The molecule has 3 aromatic carbocycles. The molecule has 0 aliphatic rings. The monoisotopic (exact) mass is 420 g/mol. The Hall–Kier alpha value is -3.31. The summed E-state index contributed by atoms with van der Waals surface area (Å²) in [6, 6.07) is 16.9. The van der Waals surface area contributed by atoms with Crippen LogP contribution in [0.3, 0.4) is 0 Å². The molecule has 0 saturated carbocycles. The standard InChI is InChI=1S/C24H21ClN2O3/c1-14-7-8-21-20(9-14)27-24(30-21)17-5-4-6-18(12-17)26-22(28)13-29-19-10-15(2)23(25)16(3)11-19/h4-12H,13H2,1-3H3,(H,26,28). The van der Waals surface area contributed by atoms with E-state index in [0.717, 1.165) is 33.4 Å². The van der Waals surface area contributed by atoms with E-state index in [1.165, 1.54) is 0 Å². The molecular weight excluding hydrogens is 400 g/mol. The second-order valence-corrected chi connectivity index (χ2v) is 7.66. The molecule has 30 heavy (non-hydrogen) atoms. The molecule has 1 amide bonds. The normalized spacial score (nSPS) is 10.9. The Balaban J connectivity index is 1.45. The average Bonchev–Trinajstić information content (AvgIpc) is 3.14. The van der Waals surface area contributed by atoms with E-state index >= 15 is 0 Å². The van der Waals surface area contributed by atoms with E-state index in [1.807, 2.05) is 75.4 Å². The summed E-state index contributed by atoms with van der Waals surface area (Å²) in [7, 11) is 0. The smallest absolute Gasteiger partial charge is 0.262 e. The average molecular weight is 421 g/mol. The number of aromatic nitrogens is 1. The van der Waals surface area contributed by atoms with E-state index in [2.05, 4.69) is 10.3 Å². The number of amides is 1. The SMILES string of the molecule is Cc1ccc2oc(-c3cccc(NC(=O)COc4cc(C)c(Cl)c(C)c4)c3)nc2c1. The van der Waals surface area contributed by atoms with Gasteiger partial charge in [0.2, 0.25) is 5.89 Å². The fraction of sp³-hybridized carbons (Fsp3) is 0.167. The molecule has 0 spiro atoms. The van der Waals surface area contributed by atoms with Gasteiger partial charge in [0, 0.05) is 16.3 Å². The molecule has 1 heterocycles. The van der Waals surface area contributed by atoms with Gasteiger partial charge in [-0.2, -0.15) is 0 Å². The van der Waals surface area contributed by atoms with Gasteiger partial charge in [0.05, 0.1) is 0 Å². The number of halogens is 1. The van der Waals surface area contributed by atoms with Gasteiger partial charge in [0.25, 0.3) is 5.91 Å². The van der Waals surface area contributed by atoms with Crippen molar-refractivity contribution in [3.05, 3.63) is 76.3 Å². The lowest BCUT2D eigenvalue weighted by molar-refractivity contribution is -0.118. The number of fused-ring (bicyclic) bond motifs is 1. The summed E-state index contributed by atoms with van der Waals surface area (Å²) in [6.45, 7) is 5.72. The Bertz CT molecular complexity index is 1220. The third-order valence-corrected chi connectivity index (χ3v) is 5.31. The van der Waals surface area contributed by atoms with Crippen molar-refractivity contribution in [2.75, 3.05) is 11.9 Å². The van der Waals surface area contributed by atoms with E-state index in [0.29, 0.717) is 22.4 Å². The lowest BCUT2D eigenvalue weighted by atomic mass is 10.1. The molecule has 0 aliphatic heterocycles. The predicted molar refractivity (Wildman–Crippen MR) is 119 cm³/mol. The molecule has 5 nitrogen and oxygen atoms in total. The number of aryl methyl sites for hydroxylation is 3. The number of benzene rings is 3. The second-order valence-electron chi connectivity index (χ2n) is 7.28. The maximum Gasteiger partial charge on any atom is 0.262 e. The number of ether oxygens (including phenoxy) is 1. The van der Waals surface area contributed by atoms with Crippen molar-refractivity contribution in [3.8, 4) is 17.2 Å². The number of carbonyl (C=O) groups excluding carboxylic acids is 1. The Morgan fingerprint density at radius 1 is 1.07 bits per heavy atom. The Labute approximate surface area is 179 Å². The van der Waals surface area contributed by atoms with Crippen LogP contribution in [0, 0.1) is 20.8 Å². The highest BCUT2D eigenvalue weighted by Gasteiger charge is 2.11. The van der Waals surface area contributed by atoms with Crippen LogP contribution >= 0.6 is 11.6 Å². The van der Waals surface area contributed by atoms with Crippen molar-refractivity contribution in [3.63, 3.8) is 0 Å². The van der Waals surface area contributed by atoms with Crippen LogP contribution in [0.15, 0.2) is 59.0 Å². The van der Waals surface area contributed by atoms with Gasteiger partial charge in [0.1, 0.15) is 11.3 Å². The molecule has 0 fully saturated rings. The van der Waals surface area contributed by atoms with E-state index in [9.17, 15) is 4.79 Å². The summed E-state index contributed by atoms with van der Waals surface area (Å²) >= 11 is 6.17. The number of hydrogen-bond donors (Lipinski definition) is 1.